The fraction of sp³-hybridized carbons (Fsp3) is 1.00. The van der Waals surface area contributed by atoms with Crippen LogP contribution in [0.4, 0.5) is 0 Å². The van der Waals surface area contributed by atoms with Crippen molar-refractivity contribution in [2.75, 3.05) is 13.1 Å². The van der Waals surface area contributed by atoms with Crippen LogP contribution in [0.15, 0.2) is 0 Å². The molecule has 2 rings (SSSR count). The van der Waals surface area contributed by atoms with E-state index in [4.69, 9.17) is 0 Å². The second-order valence-electron chi connectivity index (χ2n) is 5.85. The Kier molecular flexibility index (Phi) is 4.26. The van der Waals surface area contributed by atoms with Crippen LogP contribution in [0.1, 0.15) is 52.9 Å². The van der Waals surface area contributed by atoms with Crippen LogP contribution in [-0.2, 0) is 0 Å². The second-order valence-corrected chi connectivity index (χ2v) is 5.85. The lowest BCUT2D eigenvalue weighted by Crippen LogP contribution is -2.59. The van der Waals surface area contributed by atoms with Gasteiger partial charge in [0.25, 0.3) is 0 Å². The average Bonchev–Trinajstić information content (AvgIpc) is 2.81. The number of nitrogens with zero attached hydrogens (tertiary/aromatic N) is 1. The van der Waals surface area contributed by atoms with Crippen LogP contribution < -0.4 is 5.32 Å². The Hall–Kier alpha value is -0.0800. The van der Waals surface area contributed by atoms with E-state index < -0.39 is 0 Å². The minimum absolute atomic E-state index is 0.673. The van der Waals surface area contributed by atoms with Gasteiger partial charge in [0.2, 0.25) is 0 Å². The highest BCUT2D eigenvalue weighted by Gasteiger charge is 2.33. The maximum Gasteiger partial charge on any atom is 0.0221 e. The summed E-state index contributed by atoms with van der Waals surface area (Å²) in [5, 5.41) is 3.62. The highest BCUT2D eigenvalue weighted by Crippen LogP contribution is 2.31. The number of nitrogens with one attached hydrogen (secondary N) is 1. The van der Waals surface area contributed by atoms with Gasteiger partial charge in [0, 0.05) is 31.2 Å². The summed E-state index contributed by atoms with van der Waals surface area (Å²) in [7, 11) is 0. The molecular weight excluding hydrogens is 196 g/mol. The molecule has 1 N–H and O–H groups in total. The number of hydrogen-bond acceptors (Lipinski definition) is 2. The summed E-state index contributed by atoms with van der Waals surface area (Å²) >= 11 is 0. The molecule has 0 radical (unpaired) electrons. The van der Waals surface area contributed by atoms with Gasteiger partial charge >= 0.3 is 0 Å². The molecule has 3 unspecified atom stereocenters. The highest BCUT2D eigenvalue weighted by molar-refractivity contribution is 4.89. The number of rotatable bonds is 3. The SMILES string of the molecule is CCC1CNC(C)CN1C(C)C1CCCC1. The Bertz CT molecular complexity index is 211. The fourth-order valence-corrected chi connectivity index (χ4v) is 3.57. The molecule has 0 spiro atoms. The fourth-order valence-electron chi connectivity index (χ4n) is 3.57. The van der Waals surface area contributed by atoms with E-state index in [-0.39, 0.29) is 0 Å². The highest BCUT2D eigenvalue weighted by atomic mass is 15.3. The number of piperazine rings is 1. The topological polar surface area (TPSA) is 15.3 Å². The molecule has 0 aromatic heterocycles. The summed E-state index contributed by atoms with van der Waals surface area (Å²) in [6, 6.07) is 2.25. The van der Waals surface area contributed by atoms with Crippen LogP contribution in [0.3, 0.4) is 0 Å². The van der Waals surface area contributed by atoms with Gasteiger partial charge in [-0.05, 0) is 39.0 Å². The van der Waals surface area contributed by atoms with E-state index in [0.717, 1.165) is 18.0 Å². The van der Waals surface area contributed by atoms with Crippen molar-refractivity contribution in [3.8, 4) is 0 Å². The molecule has 94 valence electrons. The van der Waals surface area contributed by atoms with E-state index in [1.807, 2.05) is 0 Å². The predicted octanol–water partition coefficient (Wildman–Crippen LogP) is 2.64. The molecule has 1 heterocycles. The summed E-state index contributed by atoms with van der Waals surface area (Å²) in [5.41, 5.74) is 0. The predicted molar refractivity (Wildman–Crippen MR) is 69.7 cm³/mol. The van der Waals surface area contributed by atoms with Crippen LogP contribution in [0.25, 0.3) is 0 Å². The van der Waals surface area contributed by atoms with Crippen molar-refractivity contribution >= 4 is 0 Å². The molecular formula is C14H28N2. The molecule has 1 aliphatic heterocycles. The summed E-state index contributed by atoms with van der Waals surface area (Å²) in [6.45, 7) is 9.55. The average molecular weight is 224 g/mol. The standard InChI is InChI=1S/C14H28N2/c1-4-14-9-15-11(2)10-16(14)12(3)13-7-5-6-8-13/h11-15H,4-10H2,1-3H3. The molecule has 16 heavy (non-hydrogen) atoms. The quantitative estimate of drug-likeness (QED) is 0.793. The Balaban J connectivity index is 1.97. The maximum atomic E-state index is 3.62. The Morgan fingerprint density at radius 3 is 2.62 bits per heavy atom. The third kappa shape index (κ3) is 2.60. The lowest BCUT2D eigenvalue weighted by atomic mass is 9.94. The van der Waals surface area contributed by atoms with Crippen molar-refractivity contribution in [2.45, 2.75) is 71.0 Å². The lowest BCUT2D eigenvalue weighted by Gasteiger charge is -2.44. The van der Waals surface area contributed by atoms with Crippen molar-refractivity contribution in [2.24, 2.45) is 5.92 Å². The van der Waals surface area contributed by atoms with Gasteiger partial charge in [-0.2, -0.15) is 0 Å². The van der Waals surface area contributed by atoms with Gasteiger partial charge < -0.3 is 5.32 Å². The van der Waals surface area contributed by atoms with Crippen LogP contribution >= 0.6 is 0 Å². The van der Waals surface area contributed by atoms with Crippen molar-refractivity contribution < 1.29 is 0 Å². The minimum atomic E-state index is 0.673. The molecule has 2 aliphatic rings. The molecule has 2 fully saturated rings. The van der Waals surface area contributed by atoms with E-state index in [1.54, 1.807) is 0 Å². The van der Waals surface area contributed by atoms with Crippen LogP contribution in [0.2, 0.25) is 0 Å². The molecule has 0 amide bonds. The van der Waals surface area contributed by atoms with E-state index in [1.165, 1.54) is 45.2 Å². The van der Waals surface area contributed by atoms with E-state index in [2.05, 4.69) is 31.0 Å². The molecule has 3 atom stereocenters. The third-order valence-corrected chi connectivity index (χ3v) is 4.73. The van der Waals surface area contributed by atoms with Crippen LogP contribution in [0, 0.1) is 5.92 Å². The van der Waals surface area contributed by atoms with Crippen molar-refractivity contribution in [3.05, 3.63) is 0 Å². The third-order valence-electron chi connectivity index (χ3n) is 4.73. The molecule has 2 heteroatoms. The zero-order chi connectivity index (χ0) is 11.5. The molecule has 2 nitrogen and oxygen atoms in total. The molecule has 1 saturated heterocycles. The largest absolute Gasteiger partial charge is 0.311 e. The summed E-state index contributed by atoms with van der Waals surface area (Å²) in [4.78, 5) is 2.79. The normalized spacial score (nSPS) is 35.4. The van der Waals surface area contributed by atoms with Crippen LogP contribution in [0.5, 0.6) is 0 Å². The molecule has 1 aliphatic carbocycles. The first-order valence-electron chi connectivity index (χ1n) is 7.21. The second kappa shape index (κ2) is 5.50. The molecule has 0 bridgehead atoms. The summed E-state index contributed by atoms with van der Waals surface area (Å²) in [6.07, 6.45) is 7.16. The van der Waals surface area contributed by atoms with E-state index in [0.29, 0.717) is 6.04 Å². The Morgan fingerprint density at radius 1 is 1.31 bits per heavy atom. The van der Waals surface area contributed by atoms with Gasteiger partial charge in [0.1, 0.15) is 0 Å². The van der Waals surface area contributed by atoms with Crippen molar-refractivity contribution in [1.29, 1.82) is 0 Å². The van der Waals surface area contributed by atoms with Gasteiger partial charge in [0.05, 0.1) is 0 Å². The smallest absolute Gasteiger partial charge is 0.0221 e. The first kappa shape index (κ1) is 12.4. The van der Waals surface area contributed by atoms with Crippen molar-refractivity contribution in [1.82, 2.24) is 10.2 Å². The lowest BCUT2D eigenvalue weighted by molar-refractivity contribution is 0.0621. The minimum Gasteiger partial charge on any atom is -0.311 e. The van der Waals surface area contributed by atoms with Gasteiger partial charge in [-0.3, -0.25) is 4.90 Å². The summed E-state index contributed by atoms with van der Waals surface area (Å²) < 4.78 is 0. The van der Waals surface area contributed by atoms with Gasteiger partial charge in [-0.1, -0.05) is 19.8 Å². The summed E-state index contributed by atoms with van der Waals surface area (Å²) in [5.74, 6) is 0.972. The first-order chi connectivity index (χ1) is 7.72. The van der Waals surface area contributed by atoms with Crippen molar-refractivity contribution in [3.63, 3.8) is 0 Å². The Labute approximate surface area is 101 Å². The molecule has 1 saturated carbocycles. The molecule has 0 aromatic carbocycles. The van der Waals surface area contributed by atoms with Gasteiger partial charge in [-0.25, -0.2) is 0 Å². The maximum absolute atomic E-state index is 3.62. The van der Waals surface area contributed by atoms with Gasteiger partial charge in [0.15, 0.2) is 0 Å². The van der Waals surface area contributed by atoms with Gasteiger partial charge in [-0.15, -0.1) is 0 Å². The van der Waals surface area contributed by atoms with E-state index >= 15 is 0 Å². The monoisotopic (exact) mass is 224 g/mol. The number of hydrogen-bond donors (Lipinski definition) is 1. The van der Waals surface area contributed by atoms with Crippen LogP contribution in [-0.4, -0.2) is 36.1 Å². The zero-order valence-corrected chi connectivity index (χ0v) is 11.2. The molecule has 0 aromatic rings. The zero-order valence-electron chi connectivity index (χ0n) is 11.2. The van der Waals surface area contributed by atoms with E-state index in [9.17, 15) is 0 Å². The Morgan fingerprint density at radius 2 is 2.00 bits per heavy atom. The first-order valence-corrected chi connectivity index (χ1v) is 7.21.